The van der Waals surface area contributed by atoms with Crippen LogP contribution in [-0.2, 0) is 4.74 Å². The topological polar surface area (TPSA) is 49.0 Å². The van der Waals surface area contributed by atoms with Crippen molar-refractivity contribution in [3.05, 3.63) is 18.2 Å². The quantitative estimate of drug-likeness (QED) is 0.845. The molecule has 0 spiro atoms. The first-order valence-corrected chi connectivity index (χ1v) is 6.49. The summed E-state index contributed by atoms with van der Waals surface area (Å²) < 4.78 is 21.5. The van der Waals surface area contributed by atoms with E-state index in [0.29, 0.717) is 12.6 Å². The number of rotatable bonds is 6. The lowest BCUT2D eigenvalue weighted by atomic mass is 10.2. The molecule has 1 fully saturated rings. The Hall–Kier alpha value is -1.46. The average Bonchev–Trinajstić information content (AvgIpc) is 2.48. The predicted octanol–water partition coefficient (Wildman–Crippen LogP) is 1.46. The molecule has 1 aromatic carbocycles. The van der Waals surface area contributed by atoms with Gasteiger partial charge in [0.05, 0.1) is 34.0 Å². The Balaban J connectivity index is 1.84. The van der Waals surface area contributed by atoms with Crippen LogP contribution in [0.15, 0.2) is 18.2 Å². The summed E-state index contributed by atoms with van der Waals surface area (Å²) in [5.41, 5.74) is 0. The molecule has 1 saturated heterocycles. The van der Waals surface area contributed by atoms with Gasteiger partial charge in [0.25, 0.3) is 0 Å². The molecule has 1 unspecified atom stereocenters. The van der Waals surface area contributed by atoms with Crippen LogP contribution in [0, 0.1) is 0 Å². The zero-order valence-electron chi connectivity index (χ0n) is 11.5. The van der Waals surface area contributed by atoms with Gasteiger partial charge in [-0.05, 0) is 6.42 Å². The van der Waals surface area contributed by atoms with Crippen LogP contribution < -0.4 is 19.5 Å². The summed E-state index contributed by atoms with van der Waals surface area (Å²) in [5, 5.41) is 3.40. The van der Waals surface area contributed by atoms with Crippen molar-refractivity contribution in [1.82, 2.24) is 5.32 Å². The van der Waals surface area contributed by atoms with Crippen LogP contribution in [0.25, 0.3) is 0 Å². The van der Waals surface area contributed by atoms with Gasteiger partial charge in [-0.2, -0.15) is 0 Å². The highest BCUT2D eigenvalue weighted by Gasteiger charge is 2.12. The normalized spacial score (nSPS) is 18.9. The van der Waals surface area contributed by atoms with Gasteiger partial charge in [0.1, 0.15) is 17.2 Å². The van der Waals surface area contributed by atoms with Gasteiger partial charge >= 0.3 is 0 Å². The van der Waals surface area contributed by atoms with Gasteiger partial charge in [-0.3, -0.25) is 0 Å². The number of hydrogen-bond acceptors (Lipinski definition) is 5. The maximum absolute atomic E-state index is 5.74. The Morgan fingerprint density at radius 2 is 1.84 bits per heavy atom. The molecule has 1 heterocycles. The van der Waals surface area contributed by atoms with Crippen molar-refractivity contribution in [3.8, 4) is 17.2 Å². The largest absolute Gasteiger partial charge is 0.496 e. The zero-order chi connectivity index (χ0) is 13.5. The number of benzene rings is 1. The summed E-state index contributed by atoms with van der Waals surface area (Å²) in [6.07, 6.45) is 0.916. The maximum Gasteiger partial charge on any atom is 0.126 e. The van der Waals surface area contributed by atoms with Crippen molar-refractivity contribution >= 4 is 0 Å². The highest BCUT2D eigenvalue weighted by atomic mass is 16.5. The monoisotopic (exact) mass is 267 g/mol. The van der Waals surface area contributed by atoms with E-state index >= 15 is 0 Å². The third kappa shape index (κ3) is 4.29. The van der Waals surface area contributed by atoms with E-state index < -0.39 is 0 Å². The van der Waals surface area contributed by atoms with E-state index in [1.807, 2.05) is 18.2 Å². The van der Waals surface area contributed by atoms with Crippen molar-refractivity contribution in [2.75, 3.05) is 40.6 Å². The molecular formula is C14H21NO4. The zero-order valence-corrected chi connectivity index (χ0v) is 11.5. The van der Waals surface area contributed by atoms with Crippen molar-refractivity contribution in [3.63, 3.8) is 0 Å². The summed E-state index contributed by atoms with van der Waals surface area (Å²) in [6.45, 7) is 3.10. The first kappa shape index (κ1) is 14.0. The molecule has 1 aromatic rings. The minimum atomic E-state index is 0.376. The molecule has 2 rings (SSSR count). The molecule has 106 valence electrons. The van der Waals surface area contributed by atoms with Crippen LogP contribution in [-0.4, -0.2) is 46.6 Å². The molecule has 0 radical (unpaired) electrons. The Morgan fingerprint density at radius 3 is 2.42 bits per heavy atom. The number of nitrogens with one attached hydrogen (secondary N) is 1. The third-order valence-corrected chi connectivity index (χ3v) is 3.06. The van der Waals surface area contributed by atoms with Crippen LogP contribution in [0.4, 0.5) is 0 Å². The van der Waals surface area contributed by atoms with Crippen molar-refractivity contribution < 1.29 is 18.9 Å². The van der Waals surface area contributed by atoms with Gasteiger partial charge in [-0.15, -0.1) is 0 Å². The lowest BCUT2D eigenvalue weighted by Gasteiger charge is -2.23. The fraction of sp³-hybridized carbons (Fsp3) is 0.571. The van der Waals surface area contributed by atoms with Crippen molar-refractivity contribution in [2.45, 2.75) is 12.5 Å². The fourth-order valence-electron chi connectivity index (χ4n) is 1.99. The Labute approximate surface area is 113 Å². The first-order chi connectivity index (χ1) is 9.31. The molecule has 19 heavy (non-hydrogen) atoms. The molecule has 5 heteroatoms. The lowest BCUT2D eigenvalue weighted by Crippen LogP contribution is -2.41. The molecule has 0 aromatic heterocycles. The SMILES string of the molecule is COc1cc(OC)cc(OCCC2COCCN2)c1. The van der Waals surface area contributed by atoms with Gasteiger partial charge in [-0.1, -0.05) is 0 Å². The molecule has 1 aliphatic heterocycles. The Bertz CT molecular complexity index is 369. The number of methoxy groups -OCH3 is 2. The Kier molecular flexibility index (Phi) is 5.30. The van der Waals surface area contributed by atoms with Crippen LogP contribution in [0.3, 0.4) is 0 Å². The predicted molar refractivity (Wildman–Crippen MR) is 72.3 cm³/mol. The summed E-state index contributed by atoms with van der Waals surface area (Å²) in [4.78, 5) is 0. The smallest absolute Gasteiger partial charge is 0.126 e. The minimum Gasteiger partial charge on any atom is -0.496 e. The van der Waals surface area contributed by atoms with Crippen LogP contribution in [0.1, 0.15) is 6.42 Å². The minimum absolute atomic E-state index is 0.376. The Morgan fingerprint density at radius 1 is 1.16 bits per heavy atom. The number of hydrogen-bond donors (Lipinski definition) is 1. The lowest BCUT2D eigenvalue weighted by molar-refractivity contribution is 0.0691. The summed E-state index contributed by atoms with van der Waals surface area (Å²) in [6, 6.07) is 5.91. The summed E-state index contributed by atoms with van der Waals surface area (Å²) in [7, 11) is 3.25. The number of ether oxygens (including phenoxy) is 4. The first-order valence-electron chi connectivity index (χ1n) is 6.49. The fourth-order valence-corrected chi connectivity index (χ4v) is 1.99. The van der Waals surface area contributed by atoms with Crippen molar-refractivity contribution in [2.24, 2.45) is 0 Å². The van der Waals surface area contributed by atoms with Gasteiger partial charge in [-0.25, -0.2) is 0 Å². The molecule has 0 aliphatic carbocycles. The molecule has 0 bridgehead atoms. The van der Waals surface area contributed by atoms with Gasteiger partial charge < -0.3 is 24.3 Å². The second-order valence-electron chi connectivity index (χ2n) is 4.41. The van der Waals surface area contributed by atoms with E-state index in [1.165, 1.54) is 0 Å². The van der Waals surface area contributed by atoms with E-state index in [2.05, 4.69) is 5.32 Å². The van der Waals surface area contributed by atoms with E-state index in [4.69, 9.17) is 18.9 Å². The summed E-state index contributed by atoms with van der Waals surface area (Å²) in [5.74, 6) is 2.22. The van der Waals surface area contributed by atoms with Crippen LogP contribution in [0.2, 0.25) is 0 Å². The van der Waals surface area contributed by atoms with Gasteiger partial charge in [0, 0.05) is 30.8 Å². The van der Waals surface area contributed by atoms with E-state index in [9.17, 15) is 0 Å². The molecule has 0 amide bonds. The molecule has 0 saturated carbocycles. The van der Waals surface area contributed by atoms with Gasteiger partial charge in [0.2, 0.25) is 0 Å². The van der Waals surface area contributed by atoms with Gasteiger partial charge in [0.15, 0.2) is 0 Å². The highest BCUT2D eigenvalue weighted by Crippen LogP contribution is 2.27. The second kappa shape index (κ2) is 7.21. The summed E-state index contributed by atoms with van der Waals surface area (Å²) >= 11 is 0. The van der Waals surface area contributed by atoms with E-state index in [1.54, 1.807) is 14.2 Å². The molecule has 5 nitrogen and oxygen atoms in total. The standard InChI is InChI=1S/C14H21NO4/c1-16-12-7-13(17-2)9-14(8-12)19-5-3-11-10-18-6-4-15-11/h7-9,11,15H,3-6,10H2,1-2H3. The van der Waals surface area contributed by atoms with E-state index in [0.717, 1.165) is 43.4 Å². The average molecular weight is 267 g/mol. The molecule has 1 atom stereocenters. The van der Waals surface area contributed by atoms with Crippen LogP contribution >= 0.6 is 0 Å². The molecular weight excluding hydrogens is 246 g/mol. The van der Waals surface area contributed by atoms with Crippen molar-refractivity contribution in [1.29, 1.82) is 0 Å². The molecule has 1 aliphatic rings. The second-order valence-corrected chi connectivity index (χ2v) is 4.41. The number of morpholine rings is 1. The highest BCUT2D eigenvalue weighted by molar-refractivity contribution is 5.41. The van der Waals surface area contributed by atoms with E-state index in [-0.39, 0.29) is 0 Å². The maximum atomic E-state index is 5.74. The third-order valence-electron chi connectivity index (χ3n) is 3.06. The molecule has 1 N–H and O–H groups in total. The van der Waals surface area contributed by atoms with Crippen LogP contribution in [0.5, 0.6) is 17.2 Å².